The maximum Gasteiger partial charge on any atom is 0.540 e. The Kier molecular flexibility index (Phi) is 48.3. The Labute approximate surface area is 848 Å². The lowest BCUT2D eigenvalue weighted by Crippen LogP contribution is -2.88. The second kappa shape index (κ2) is 53.1. The number of carbonyl (C=O) groups excluding carboxylic acids is 8. The second-order valence-corrected chi connectivity index (χ2v) is 72.8. The molecule has 2 N–H and O–H groups in total. The first-order chi connectivity index (χ1) is 65.1. The van der Waals surface area contributed by atoms with Gasteiger partial charge in [0, 0.05) is 80.4 Å². The van der Waals surface area contributed by atoms with E-state index in [4.69, 9.17) is 115 Å². The van der Waals surface area contributed by atoms with E-state index in [0.29, 0.717) is 107 Å². The Morgan fingerprint density at radius 2 is 0.821 bits per heavy atom. The molecule has 0 radical (unpaired) electrons. The van der Waals surface area contributed by atoms with Gasteiger partial charge in [0.05, 0.1) is 56.9 Å². The molecule has 12 aliphatic rings. The van der Waals surface area contributed by atoms with Crippen LogP contribution in [0, 0.1) is 56.2 Å². The number of esters is 8. The summed E-state index contributed by atoms with van der Waals surface area (Å²) in [5.41, 5.74) is -3.42. The molecule has 36 nitrogen and oxygen atoms in total. The molecule has 0 aromatic heterocycles. The average Bonchev–Trinajstić information content (AvgIpc) is 1.19. The molecule has 46 heteroatoms. The minimum Gasteiger partial charge on any atom is -0.463 e. The highest BCUT2D eigenvalue weighted by atomic mass is 32.2. The molecule has 8 atom stereocenters. The van der Waals surface area contributed by atoms with Crippen molar-refractivity contribution in [1.82, 2.24) is 0 Å². The highest BCUT2D eigenvalue weighted by Crippen LogP contribution is 2.57. The number of fused-ring (bicyclic) bond motifs is 1. The molecular weight excluding hydrogens is 1990 g/mol. The van der Waals surface area contributed by atoms with Crippen LogP contribution < -0.4 is 0 Å². The predicted octanol–water partition coefficient (Wildman–Crippen LogP) is 18.1. The lowest BCUT2D eigenvalue weighted by molar-refractivity contribution is -0.175. The van der Waals surface area contributed by atoms with Gasteiger partial charge < -0.3 is 111 Å². The Morgan fingerprint density at radius 1 is 0.457 bits per heavy atom. The number of hydrogen-bond donors (Lipinski definition) is 2. The fraction of sp³-hybridized carbons (Fsp3) is 0.915. The van der Waals surface area contributed by atoms with Crippen LogP contribution in [0.5, 0.6) is 0 Å². The molecule has 816 valence electrons. The SMILES string of the molecule is CCC(C)(C)C(=O)OC(C)(C)C1CCCCC1.CCC(C)(C)C(=O)OC1CCOC1=O.CCC(C)(C)C(=O)OCC(O)CO.CCC(C)(C)C(=O)OC[Si]12O[Si]3(CC)O[Si]4(CC)O[Si]5(CC)O[Si](CC)(O3)O[Si](CC)(O[Si](CC)(O5)O[Si](CC)(O4)O1)O2.CCC(C)C(=O)OC1C2CC3C1OS(=O)(=O)C3C2.CCC1(OC(=O)C(C)(C)CC)CCCCC1.CCO[Si](COC(=O)C(C)(C)CC)(OCC)OCC. The number of carbonyl (C=O) groups is 8. The van der Waals surface area contributed by atoms with E-state index in [0.717, 1.165) is 51.4 Å². The summed E-state index contributed by atoms with van der Waals surface area (Å²) in [5, 5.41) is 17.0. The van der Waals surface area contributed by atoms with E-state index >= 15 is 0 Å². The van der Waals surface area contributed by atoms with Crippen LogP contribution in [-0.4, -0.2) is 239 Å². The Bertz CT molecular complexity index is 3930. The lowest BCUT2D eigenvalue weighted by Gasteiger charge is -2.62. The smallest absolute Gasteiger partial charge is 0.463 e. The predicted molar refractivity (Wildman–Crippen MR) is 541 cm³/mol. The van der Waals surface area contributed by atoms with E-state index < -0.39 is 141 Å². The molecule has 0 aromatic carbocycles. The van der Waals surface area contributed by atoms with Gasteiger partial charge in [-0.05, 0) is 226 Å². The number of ether oxygens (including phenoxy) is 8. The standard InChI is InChI=1S/C21H48O14Si8.C15H28O2.C14H26O2.C13H28O5Si.C12H18O5S.C10H16O4.C9H18O4/c1-11-21(9,10)20(22)23-19-43-33-40(16-6)27-37(13-3)24-36(12-2)25-38(14-4,29-40)31-42(18-8,35-43)32-39(15-5,26-36)30-41(17-7,28-37)34-43;1-6-14(2,3)13(16)17-15(4,5)12-10-8-7-9-11-12;1-5-13(3,4)12(15)16-14(6-2)10-8-7-9-11-14;1-7-13(5,6)12(14)15-11-19(16-8-2,17-9-3)18-10-4;1-3-6(2)12(13)16-10-7-4-8-9(5-7)18(14,15)17-11(8)10;1-4-10(2,3)9(12)14-7-5-6-13-8(7)11;1-4-9(2,3)8(12)13-6-7(11)5-10/h11-19H2,1-10H3;12H,6-11H2,1-5H3;5-11H2,1-4H3;7-11H2,1-6H3;6-11H,3-5H2,1-2H3;7H,4-6H2,1-3H3;7,10-11H,4-6H2,1-3H3. The fourth-order valence-corrected chi connectivity index (χ4v) is 69.4. The number of aliphatic hydroxyl groups is 2. The maximum absolute atomic E-state index is 13.3. The quantitative estimate of drug-likeness (QED) is 0.0249. The molecule has 8 unspecified atom stereocenters. The normalized spacial score (nSPS) is 30.2. The zero-order chi connectivity index (χ0) is 106. The van der Waals surface area contributed by atoms with Crippen molar-refractivity contribution in [1.29, 1.82) is 0 Å². The summed E-state index contributed by atoms with van der Waals surface area (Å²) in [4.78, 5) is 95.3. The molecule has 10 bridgehead atoms. The van der Waals surface area contributed by atoms with Crippen LogP contribution in [-0.2, 0) is 153 Å². The van der Waals surface area contributed by atoms with Gasteiger partial charge in [0.1, 0.15) is 36.1 Å². The van der Waals surface area contributed by atoms with E-state index in [1.54, 1.807) is 27.7 Å². The Morgan fingerprint density at radius 3 is 1.18 bits per heavy atom. The number of aliphatic hydroxyl groups excluding tert-OH is 2. The molecular formula is C94H182O36SSi9. The van der Waals surface area contributed by atoms with Crippen LogP contribution in [0.2, 0.25) is 42.3 Å². The van der Waals surface area contributed by atoms with Crippen LogP contribution in [0.25, 0.3) is 0 Å². The average molecular weight is 2170 g/mol. The highest BCUT2D eigenvalue weighted by molar-refractivity contribution is 7.87. The minimum absolute atomic E-state index is 0.0150. The van der Waals surface area contributed by atoms with E-state index in [2.05, 4.69) is 20.8 Å². The van der Waals surface area contributed by atoms with Crippen LogP contribution in [0.4, 0.5) is 0 Å². The summed E-state index contributed by atoms with van der Waals surface area (Å²) in [6.07, 6.45) is 17.3. The Balaban J connectivity index is 0.000000305. The van der Waals surface area contributed by atoms with Gasteiger partial charge in [0.2, 0.25) is 6.10 Å². The molecule has 12 fully saturated rings. The molecule has 0 spiro atoms. The van der Waals surface area contributed by atoms with E-state index in [-0.39, 0.29) is 113 Å². The van der Waals surface area contributed by atoms with Gasteiger partial charge >= 0.3 is 127 Å². The van der Waals surface area contributed by atoms with E-state index in [9.17, 15) is 46.8 Å². The Hall–Kier alpha value is -3.06. The van der Waals surface area contributed by atoms with Crippen LogP contribution in [0.15, 0.2) is 0 Å². The van der Waals surface area contributed by atoms with Crippen LogP contribution >= 0.6 is 0 Å². The second-order valence-electron chi connectivity index (χ2n) is 42.5. The van der Waals surface area contributed by atoms with Crippen molar-refractivity contribution in [3.05, 3.63) is 0 Å². The third-order valence-electron chi connectivity index (χ3n) is 29.3. The zero-order valence-electron chi connectivity index (χ0n) is 91.3. The topological polar surface area (TPSA) is 433 Å². The molecule has 8 heterocycles. The summed E-state index contributed by atoms with van der Waals surface area (Å²) in [6, 6.07) is 2.51. The van der Waals surface area contributed by atoms with Crippen molar-refractivity contribution in [2.24, 2.45) is 56.2 Å². The first-order valence-corrected chi connectivity index (χ1v) is 71.0. The largest absolute Gasteiger partial charge is 0.540 e. The highest BCUT2D eigenvalue weighted by Gasteiger charge is 2.83. The van der Waals surface area contributed by atoms with Gasteiger partial charge in [-0.25, -0.2) is 4.79 Å². The molecule has 0 aromatic rings. The van der Waals surface area contributed by atoms with Crippen LogP contribution in [0.3, 0.4) is 0 Å². The van der Waals surface area contributed by atoms with Crippen molar-refractivity contribution in [2.45, 2.75) is 446 Å². The maximum atomic E-state index is 13.3. The summed E-state index contributed by atoms with van der Waals surface area (Å²) in [6.45, 7) is 64.6. The van der Waals surface area contributed by atoms with Gasteiger partial charge in [-0.2, -0.15) is 8.42 Å². The van der Waals surface area contributed by atoms with E-state index in [1.165, 1.54) is 51.4 Å². The summed E-state index contributed by atoms with van der Waals surface area (Å²) in [7, 11) is -36.7. The van der Waals surface area contributed by atoms with Gasteiger partial charge in [-0.15, -0.1) is 0 Å². The molecule has 140 heavy (non-hydrogen) atoms. The van der Waals surface area contributed by atoms with Gasteiger partial charge in [-0.1, -0.05) is 136 Å². The third-order valence-corrected chi connectivity index (χ3v) is 70.2. The summed E-state index contributed by atoms with van der Waals surface area (Å²) < 4.78 is 173. The fourth-order valence-electron chi connectivity index (χ4n) is 16.5. The van der Waals surface area contributed by atoms with Crippen molar-refractivity contribution in [3.8, 4) is 0 Å². The minimum atomic E-state index is -4.15. The van der Waals surface area contributed by atoms with Crippen molar-refractivity contribution in [2.75, 3.05) is 52.1 Å². The molecule has 8 saturated heterocycles. The first kappa shape index (κ1) is 127. The van der Waals surface area contributed by atoms with Crippen LogP contribution in [0.1, 0.15) is 363 Å². The third kappa shape index (κ3) is 33.0. The molecule has 4 saturated carbocycles. The van der Waals surface area contributed by atoms with Gasteiger partial charge in [0.25, 0.3) is 10.1 Å². The first-order valence-electron chi connectivity index (χ1n) is 52.2. The zero-order valence-corrected chi connectivity index (χ0v) is 101. The number of rotatable bonds is 40. The van der Waals surface area contributed by atoms with Gasteiger partial charge in [-0.3, -0.25) is 37.7 Å². The lowest BCUT2D eigenvalue weighted by atomic mass is 9.78. The van der Waals surface area contributed by atoms with Gasteiger partial charge in [0.15, 0.2) is 12.5 Å². The van der Waals surface area contributed by atoms with Crippen molar-refractivity contribution in [3.63, 3.8) is 0 Å². The molecule has 0 amide bonds. The number of hydrogen-bond acceptors (Lipinski definition) is 36. The van der Waals surface area contributed by atoms with Crippen molar-refractivity contribution < 1.29 is 162 Å². The summed E-state index contributed by atoms with van der Waals surface area (Å²) in [5.74, 6) is -1.45. The van der Waals surface area contributed by atoms with Crippen molar-refractivity contribution >= 4 is 137 Å². The molecule has 4 aliphatic carbocycles. The monoisotopic (exact) mass is 2170 g/mol. The molecule has 12 rings (SSSR count). The summed E-state index contributed by atoms with van der Waals surface area (Å²) >= 11 is 0. The molecule has 8 aliphatic heterocycles. The van der Waals surface area contributed by atoms with E-state index in [1.807, 2.05) is 180 Å². The number of cyclic esters (lactones) is 1.